The van der Waals surface area contributed by atoms with Crippen LogP contribution in [0.4, 0.5) is 21.5 Å². The Morgan fingerprint density at radius 3 is 2.83 bits per heavy atom. The van der Waals surface area contributed by atoms with Gasteiger partial charge in [0.05, 0.1) is 42.8 Å². The number of hydrogen-bond acceptors (Lipinski definition) is 5. The van der Waals surface area contributed by atoms with Crippen LogP contribution >= 0.6 is 12.1 Å². The fourth-order valence-corrected chi connectivity index (χ4v) is 4.04. The van der Waals surface area contributed by atoms with Gasteiger partial charge in [-0.2, -0.15) is 0 Å². The molecule has 2 aliphatic rings. The highest BCUT2D eigenvalue weighted by molar-refractivity contribution is 8.02. The second-order valence-electron chi connectivity index (χ2n) is 5.58. The van der Waals surface area contributed by atoms with Gasteiger partial charge in [0.1, 0.15) is 11.5 Å². The molecule has 2 aromatic rings. The lowest BCUT2D eigenvalue weighted by Gasteiger charge is -2.28. The van der Waals surface area contributed by atoms with Crippen molar-refractivity contribution in [3.8, 4) is 0 Å². The number of rotatable bonds is 3. The highest BCUT2D eigenvalue weighted by Crippen LogP contribution is 2.50. The zero-order valence-corrected chi connectivity index (χ0v) is 13.4. The molecule has 2 aromatic carbocycles. The number of hydrogen-bond donors (Lipinski definition) is 1. The van der Waals surface area contributed by atoms with Crippen LogP contribution in [0.25, 0.3) is 0 Å². The van der Waals surface area contributed by atoms with Crippen LogP contribution in [-0.2, 0) is 4.74 Å². The molecule has 0 aliphatic carbocycles. The van der Waals surface area contributed by atoms with E-state index in [1.54, 1.807) is 6.07 Å². The maximum atomic E-state index is 14.4. The second-order valence-corrected chi connectivity index (χ2v) is 6.55. The number of morpholine rings is 1. The van der Waals surface area contributed by atoms with Gasteiger partial charge in [0.15, 0.2) is 0 Å². The summed E-state index contributed by atoms with van der Waals surface area (Å²) in [5.74, 6) is -0.197. The number of halogens is 1. The molecule has 0 amide bonds. The minimum atomic E-state index is -0.197. The Kier molecular flexibility index (Phi) is 4.11. The highest BCUT2D eigenvalue weighted by atomic mass is 32.2. The van der Waals surface area contributed by atoms with Gasteiger partial charge in [0.25, 0.3) is 0 Å². The van der Waals surface area contributed by atoms with Gasteiger partial charge in [-0.15, -0.1) is 0 Å². The van der Waals surface area contributed by atoms with Crippen LogP contribution in [0, 0.1) is 5.82 Å². The largest absolute Gasteiger partial charge is 0.374 e. The molecule has 1 atom stereocenters. The predicted molar refractivity (Wildman–Crippen MR) is 92.5 cm³/mol. The van der Waals surface area contributed by atoms with Crippen LogP contribution in [0.3, 0.4) is 0 Å². The number of benzene rings is 2. The average molecular weight is 331 g/mol. The third kappa shape index (κ3) is 2.89. The fraction of sp³-hybridized carbons (Fsp3) is 0.294. The molecule has 0 spiro atoms. The minimum absolute atomic E-state index is 0.0689. The minimum Gasteiger partial charge on any atom is -0.374 e. The quantitative estimate of drug-likeness (QED) is 0.871. The molecule has 0 bridgehead atoms. The van der Waals surface area contributed by atoms with E-state index in [0.717, 1.165) is 24.5 Å². The summed E-state index contributed by atoms with van der Waals surface area (Å²) < 4.78 is 24.3. The van der Waals surface area contributed by atoms with Gasteiger partial charge >= 0.3 is 0 Å². The first-order chi connectivity index (χ1) is 11.3. The number of nitrogens with one attached hydrogen (secondary N) is 1. The molecule has 1 fully saturated rings. The lowest BCUT2D eigenvalue weighted by Crippen LogP contribution is -2.43. The van der Waals surface area contributed by atoms with Crippen LogP contribution in [0.5, 0.6) is 0 Å². The van der Waals surface area contributed by atoms with Gasteiger partial charge in [-0.3, -0.25) is 8.61 Å². The third-order valence-corrected chi connectivity index (χ3v) is 5.08. The van der Waals surface area contributed by atoms with Crippen molar-refractivity contribution in [3.63, 3.8) is 0 Å². The van der Waals surface area contributed by atoms with Crippen LogP contribution < -0.4 is 13.9 Å². The molecule has 23 heavy (non-hydrogen) atoms. The molecule has 4 rings (SSSR count). The number of fused-ring (bicyclic) bond motifs is 1. The molecule has 1 N–H and O–H groups in total. The molecule has 1 unspecified atom stereocenters. The van der Waals surface area contributed by atoms with E-state index in [1.807, 2.05) is 40.7 Å². The summed E-state index contributed by atoms with van der Waals surface area (Å²) in [6.07, 6.45) is 0.0689. The van der Waals surface area contributed by atoms with E-state index < -0.39 is 0 Å². The van der Waals surface area contributed by atoms with Gasteiger partial charge in [0, 0.05) is 13.1 Å². The molecule has 2 heterocycles. The summed E-state index contributed by atoms with van der Waals surface area (Å²) in [7, 11) is 0. The summed E-state index contributed by atoms with van der Waals surface area (Å²) in [6, 6.07) is 15.3. The summed E-state index contributed by atoms with van der Waals surface area (Å²) in [5.41, 5.74) is 2.55. The smallest absolute Gasteiger partial charge is 0.149 e. The van der Waals surface area contributed by atoms with E-state index in [-0.39, 0.29) is 11.9 Å². The molecule has 6 heteroatoms. The zero-order chi connectivity index (χ0) is 15.6. The Labute approximate surface area is 139 Å². The van der Waals surface area contributed by atoms with E-state index >= 15 is 0 Å². The van der Waals surface area contributed by atoms with E-state index in [1.165, 1.54) is 18.2 Å². The van der Waals surface area contributed by atoms with Crippen LogP contribution in [0.1, 0.15) is 0 Å². The topological polar surface area (TPSA) is 27.7 Å². The Morgan fingerprint density at radius 2 is 2.04 bits per heavy atom. The molecular formula is C17H18FN3OS. The van der Waals surface area contributed by atoms with Crippen molar-refractivity contribution in [2.75, 3.05) is 34.9 Å². The number of anilines is 3. The van der Waals surface area contributed by atoms with Crippen molar-refractivity contribution in [2.24, 2.45) is 0 Å². The molecule has 2 aliphatic heterocycles. The molecule has 0 radical (unpaired) electrons. The Balaban J connectivity index is 1.64. The van der Waals surface area contributed by atoms with Crippen LogP contribution in [-0.4, -0.2) is 32.3 Å². The van der Waals surface area contributed by atoms with Crippen LogP contribution in [0.15, 0.2) is 48.5 Å². The molecule has 1 saturated heterocycles. The predicted octanol–water partition coefficient (Wildman–Crippen LogP) is 3.34. The van der Waals surface area contributed by atoms with E-state index in [0.29, 0.717) is 18.8 Å². The first-order valence-electron chi connectivity index (χ1n) is 7.74. The Bertz CT molecular complexity index is 679. The van der Waals surface area contributed by atoms with Crippen molar-refractivity contribution in [3.05, 3.63) is 54.3 Å². The van der Waals surface area contributed by atoms with Crippen LogP contribution in [0.2, 0.25) is 0 Å². The normalized spacial score (nSPS) is 20.7. The van der Waals surface area contributed by atoms with E-state index in [2.05, 4.69) is 9.62 Å². The summed E-state index contributed by atoms with van der Waals surface area (Å²) in [5, 5.41) is 3.32. The van der Waals surface area contributed by atoms with Crippen molar-refractivity contribution >= 4 is 29.2 Å². The maximum Gasteiger partial charge on any atom is 0.149 e. The van der Waals surface area contributed by atoms with Gasteiger partial charge in [0.2, 0.25) is 0 Å². The SMILES string of the molecule is Fc1cccc2c1N(CC1CNCCO1)SN2c1ccccc1. The third-order valence-electron chi connectivity index (χ3n) is 3.98. The highest BCUT2D eigenvalue weighted by Gasteiger charge is 2.33. The van der Waals surface area contributed by atoms with Crippen molar-refractivity contribution in [2.45, 2.75) is 6.10 Å². The van der Waals surface area contributed by atoms with E-state index in [4.69, 9.17) is 4.74 Å². The second kappa shape index (κ2) is 6.39. The van der Waals surface area contributed by atoms with Gasteiger partial charge in [-0.25, -0.2) is 4.39 Å². The van der Waals surface area contributed by atoms with Crippen molar-refractivity contribution in [1.29, 1.82) is 0 Å². The van der Waals surface area contributed by atoms with E-state index in [9.17, 15) is 4.39 Å². The maximum absolute atomic E-state index is 14.4. The molecule has 120 valence electrons. The summed E-state index contributed by atoms with van der Waals surface area (Å²) in [4.78, 5) is 0. The van der Waals surface area contributed by atoms with Crippen molar-refractivity contribution in [1.82, 2.24) is 5.32 Å². The lowest BCUT2D eigenvalue weighted by molar-refractivity contribution is 0.0355. The first-order valence-corrected chi connectivity index (χ1v) is 8.47. The molecule has 4 nitrogen and oxygen atoms in total. The van der Waals surface area contributed by atoms with Gasteiger partial charge in [-0.05, 0) is 24.3 Å². The van der Waals surface area contributed by atoms with Crippen molar-refractivity contribution < 1.29 is 9.13 Å². The van der Waals surface area contributed by atoms with Gasteiger partial charge < -0.3 is 10.1 Å². The van der Waals surface area contributed by atoms with Gasteiger partial charge in [-0.1, -0.05) is 24.3 Å². The molecule has 0 aromatic heterocycles. The summed E-state index contributed by atoms with van der Waals surface area (Å²) in [6.45, 7) is 3.03. The average Bonchev–Trinajstić information content (AvgIpc) is 2.96. The summed E-state index contributed by atoms with van der Waals surface area (Å²) >= 11 is 1.52. The lowest BCUT2D eigenvalue weighted by atomic mass is 10.2. The number of nitrogens with zero attached hydrogens (tertiary/aromatic N) is 2. The fourth-order valence-electron chi connectivity index (χ4n) is 2.89. The number of para-hydroxylation sites is 2. The number of ether oxygens (including phenoxy) is 1. The molecular weight excluding hydrogens is 313 g/mol. The first kappa shape index (κ1) is 14.8. The monoisotopic (exact) mass is 331 g/mol. The Hall–Kier alpha value is -1.76. The zero-order valence-electron chi connectivity index (χ0n) is 12.6. The standard InChI is InChI=1S/C17H18FN3OS/c18-15-7-4-8-16-17(15)20(12-14-11-19-9-10-22-14)23-21(16)13-5-2-1-3-6-13/h1-8,14,19H,9-12H2. The molecule has 0 saturated carbocycles. The Morgan fingerprint density at radius 1 is 1.17 bits per heavy atom.